The average molecular weight is 428 g/mol. The van der Waals surface area contributed by atoms with Gasteiger partial charge in [0.2, 0.25) is 5.91 Å². The van der Waals surface area contributed by atoms with Gasteiger partial charge in [0.25, 0.3) is 5.91 Å². The van der Waals surface area contributed by atoms with Gasteiger partial charge in [-0.1, -0.05) is 32.9 Å². The number of amides is 2. The van der Waals surface area contributed by atoms with E-state index in [0.717, 1.165) is 12.2 Å². The van der Waals surface area contributed by atoms with E-state index in [1.54, 1.807) is 20.0 Å². The normalized spacial score (nSPS) is 15.7. The lowest BCUT2D eigenvalue weighted by Crippen LogP contribution is -2.37. The van der Waals surface area contributed by atoms with Crippen molar-refractivity contribution < 1.29 is 14.0 Å². The second-order valence-corrected chi connectivity index (χ2v) is 9.13. The fourth-order valence-corrected chi connectivity index (χ4v) is 3.66. The van der Waals surface area contributed by atoms with E-state index in [-0.39, 0.29) is 17.4 Å². The van der Waals surface area contributed by atoms with E-state index < -0.39 is 17.2 Å². The van der Waals surface area contributed by atoms with E-state index in [2.05, 4.69) is 20.2 Å². The highest BCUT2D eigenvalue weighted by molar-refractivity contribution is 6.03. The second kappa shape index (κ2) is 8.70. The summed E-state index contributed by atoms with van der Waals surface area (Å²) in [5.74, 6) is -1.03. The fraction of sp³-hybridized carbons (Fsp3) is 0.478. The van der Waals surface area contributed by atoms with Crippen LogP contribution in [0.25, 0.3) is 11.4 Å². The molecule has 1 aromatic heterocycles. The van der Waals surface area contributed by atoms with Crippen LogP contribution in [0.2, 0.25) is 0 Å². The van der Waals surface area contributed by atoms with Gasteiger partial charge in [-0.15, -0.1) is 0 Å². The van der Waals surface area contributed by atoms with Crippen LogP contribution in [-0.4, -0.2) is 53.1 Å². The molecule has 2 amide bonds. The molecule has 3 rings (SSSR count). The van der Waals surface area contributed by atoms with Crippen molar-refractivity contribution in [1.82, 2.24) is 19.8 Å². The summed E-state index contributed by atoms with van der Waals surface area (Å²) in [4.78, 5) is 36.1. The van der Waals surface area contributed by atoms with Gasteiger partial charge in [0.15, 0.2) is 5.69 Å². The third-order valence-corrected chi connectivity index (χ3v) is 5.63. The van der Waals surface area contributed by atoms with Crippen molar-refractivity contribution in [2.75, 3.05) is 20.6 Å². The monoisotopic (exact) mass is 427 g/mol. The molecule has 8 heteroatoms. The minimum absolute atomic E-state index is 0.202. The number of benzene rings is 1. The Balaban J connectivity index is 2.02. The Hall–Kier alpha value is -2.87. The molecule has 166 valence electrons. The molecule has 0 saturated heterocycles. The summed E-state index contributed by atoms with van der Waals surface area (Å²) in [6.07, 6.45) is 1.41. The molecule has 0 saturated carbocycles. The van der Waals surface area contributed by atoms with Crippen LogP contribution in [0.4, 0.5) is 4.39 Å². The quantitative estimate of drug-likeness (QED) is 0.761. The van der Waals surface area contributed by atoms with Gasteiger partial charge in [0.1, 0.15) is 11.6 Å². The molecule has 0 radical (unpaired) electrons. The van der Waals surface area contributed by atoms with Gasteiger partial charge in [0.05, 0.1) is 11.6 Å². The number of fused-ring (bicyclic) bond motifs is 1. The summed E-state index contributed by atoms with van der Waals surface area (Å²) >= 11 is 0. The molecule has 0 fully saturated rings. The number of aromatic nitrogens is 2. The zero-order chi connectivity index (χ0) is 22.9. The number of carbonyl (C=O) groups is 2. The summed E-state index contributed by atoms with van der Waals surface area (Å²) in [7, 11) is 3.53. The number of aryl methyl sites for hydroxylation is 1. The van der Waals surface area contributed by atoms with Gasteiger partial charge >= 0.3 is 0 Å². The highest BCUT2D eigenvalue weighted by atomic mass is 19.1. The Bertz CT molecular complexity index is 1040. The number of imidazole rings is 1. The first kappa shape index (κ1) is 22.8. The van der Waals surface area contributed by atoms with Crippen LogP contribution in [0.15, 0.2) is 23.2 Å². The summed E-state index contributed by atoms with van der Waals surface area (Å²) in [6.45, 7) is 9.43. The molecule has 1 aromatic carbocycles. The van der Waals surface area contributed by atoms with E-state index >= 15 is 0 Å². The summed E-state index contributed by atoms with van der Waals surface area (Å²) in [5, 5.41) is 2.62. The smallest absolute Gasteiger partial charge is 0.297 e. The molecular formula is C23H30FN5O2. The molecule has 0 aliphatic carbocycles. The maximum absolute atomic E-state index is 14.2. The van der Waals surface area contributed by atoms with Crippen LogP contribution in [0.3, 0.4) is 0 Å². The standard InChI is InChI=1S/C23H30FN5O2/c1-14-7-8-15(11-17(14)24)20-27-19(18-13-28(6)9-10-29(18)20)22(31)26-12-16(21(30)25-5)23(2,3)4/h7-8,11-12,16H,9-10,13H2,1-6H3,(H,25,30). The molecule has 7 nitrogen and oxygen atoms in total. The van der Waals surface area contributed by atoms with Gasteiger partial charge in [-0.2, -0.15) is 0 Å². The minimum Gasteiger partial charge on any atom is -0.359 e. The Morgan fingerprint density at radius 2 is 2.00 bits per heavy atom. The van der Waals surface area contributed by atoms with Crippen molar-refractivity contribution in [2.24, 2.45) is 16.3 Å². The summed E-state index contributed by atoms with van der Waals surface area (Å²) in [6, 6.07) is 4.96. The number of halogens is 1. The fourth-order valence-electron chi connectivity index (χ4n) is 3.66. The highest BCUT2D eigenvalue weighted by Crippen LogP contribution is 2.28. The number of hydrogen-bond donors (Lipinski definition) is 1. The minimum atomic E-state index is -0.562. The van der Waals surface area contributed by atoms with Crippen LogP contribution in [0.1, 0.15) is 42.5 Å². The Labute approximate surface area is 182 Å². The maximum atomic E-state index is 14.2. The second-order valence-electron chi connectivity index (χ2n) is 9.13. The van der Waals surface area contributed by atoms with Crippen LogP contribution in [0.5, 0.6) is 0 Å². The number of likely N-dealkylation sites (N-methyl/N-ethyl adjacent to an activating group) is 1. The maximum Gasteiger partial charge on any atom is 0.297 e. The summed E-state index contributed by atoms with van der Waals surface area (Å²) in [5.41, 5.74) is 1.76. The van der Waals surface area contributed by atoms with Crippen molar-refractivity contribution >= 4 is 18.0 Å². The number of rotatable bonds is 4. The lowest BCUT2D eigenvalue weighted by atomic mass is 9.81. The van der Waals surface area contributed by atoms with Gasteiger partial charge in [-0.05, 0) is 31.0 Å². The molecule has 1 N–H and O–H groups in total. The van der Waals surface area contributed by atoms with Crippen LogP contribution < -0.4 is 5.32 Å². The molecule has 0 spiro atoms. The first-order valence-electron chi connectivity index (χ1n) is 10.4. The molecule has 1 aliphatic heterocycles. The van der Waals surface area contributed by atoms with Gasteiger partial charge < -0.3 is 9.88 Å². The number of nitrogens with zero attached hydrogens (tertiary/aromatic N) is 4. The lowest BCUT2D eigenvalue weighted by molar-refractivity contribution is -0.124. The van der Waals surface area contributed by atoms with Crippen LogP contribution in [0, 0.1) is 24.1 Å². The van der Waals surface area contributed by atoms with Gasteiger partial charge in [-0.3, -0.25) is 14.5 Å². The number of hydrogen-bond acceptors (Lipinski definition) is 4. The molecule has 0 bridgehead atoms. The van der Waals surface area contributed by atoms with Crippen molar-refractivity contribution in [1.29, 1.82) is 0 Å². The predicted octanol–water partition coefficient (Wildman–Crippen LogP) is 3.06. The molecular weight excluding hydrogens is 397 g/mol. The van der Waals surface area contributed by atoms with Crippen LogP contribution >= 0.6 is 0 Å². The third-order valence-electron chi connectivity index (χ3n) is 5.63. The topological polar surface area (TPSA) is 79.6 Å². The van der Waals surface area contributed by atoms with Crippen molar-refractivity contribution in [3.63, 3.8) is 0 Å². The largest absolute Gasteiger partial charge is 0.359 e. The van der Waals surface area contributed by atoms with Crippen LogP contribution in [-0.2, 0) is 17.9 Å². The molecule has 1 aliphatic rings. The van der Waals surface area contributed by atoms with E-state index in [1.807, 2.05) is 38.5 Å². The SMILES string of the molecule is CNC(=O)C(C=NC(=O)c1nc(-c2ccc(C)c(F)c2)n2c1CN(C)CC2)C(C)(C)C. The van der Waals surface area contributed by atoms with E-state index in [0.29, 0.717) is 30.0 Å². The van der Waals surface area contributed by atoms with Crippen molar-refractivity contribution in [3.8, 4) is 11.4 Å². The van der Waals surface area contributed by atoms with Gasteiger partial charge in [-0.25, -0.2) is 14.4 Å². The first-order valence-corrected chi connectivity index (χ1v) is 10.4. The molecule has 31 heavy (non-hydrogen) atoms. The van der Waals surface area contributed by atoms with Crippen molar-refractivity contribution in [3.05, 3.63) is 41.0 Å². The zero-order valence-corrected chi connectivity index (χ0v) is 19.0. The Morgan fingerprint density at radius 3 is 2.61 bits per heavy atom. The molecule has 2 aromatic rings. The predicted molar refractivity (Wildman–Crippen MR) is 119 cm³/mol. The van der Waals surface area contributed by atoms with E-state index in [9.17, 15) is 14.0 Å². The number of aliphatic imine (C=N–C) groups is 1. The van der Waals surface area contributed by atoms with Crippen molar-refractivity contribution in [2.45, 2.75) is 40.8 Å². The lowest BCUT2D eigenvalue weighted by Gasteiger charge is -2.26. The zero-order valence-electron chi connectivity index (χ0n) is 19.0. The highest BCUT2D eigenvalue weighted by Gasteiger charge is 2.31. The molecule has 2 heterocycles. The summed E-state index contributed by atoms with van der Waals surface area (Å²) < 4.78 is 16.1. The number of carbonyl (C=O) groups excluding carboxylic acids is 2. The third kappa shape index (κ3) is 4.74. The Morgan fingerprint density at radius 1 is 1.29 bits per heavy atom. The molecule has 1 atom stereocenters. The first-order chi connectivity index (χ1) is 14.5. The van der Waals surface area contributed by atoms with E-state index in [4.69, 9.17) is 0 Å². The Kier molecular flexibility index (Phi) is 6.40. The van der Waals surface area contributed by atoms with E-state index in [1.165, 1.54) is 12.3 Å². The average Bonchev–Trinajstić information content (AvgIpc) is 3.07. The molecule has 1 unspecified atom stereocenters. The number of nitrogens with one attached hydrogen (secondary N) is 1. The van der Waals surface area contributed by atoms with Gasteiger partial charge in [0, 0.05) is 38.5 Å².